The van der Waals surface area contributed by atoms with E-state index in [0.29, 0.717) is 24.5 Å². The van der Waals surface area contributed by atoms with E-state index in [1.165, 1.54) is 5.56 Å². The van der Waals surface area contributed by atoms with Gasteiger partial charge in [0, 0.05) is 12.8 Å². The summed E-state index contributed by atoms with van der Waals surface area (Å²) < 4.78 is 35.3. The minimum atomic E-state index is -3.76. The minimum absolute atomic E-state index is 0.0295. The molecule has 27 heavy (non-hydrogen) atoms. The number of nitrogens with zero attached hydrogens (tertiary/aromatic N) is 1. The summed E-state index contributed by atoms with van der Waals surface area (Å²) in [5, 5.41) is 0. The summed E-state index contributed by atoms with van der Waals surface area (Å²) in [4.78, 5) is 4.65. The first-order chi connectivity index (χ1) is 12.9. The molecular formula is C21H23NO4S. The van der Waals surface area contributed by atoms with Gasteiger partial charge in [-0.1, -0.05) is 48.0 Å². The molecule has 0 spiro atoms. The van der Waals surface area contributed by atoms with Crippen LogP contribution in [0.2, 0.25) is 0 Å². The lowest BCUT2D eigenvalue weighted by atomic mass is 10.1. The quantitative estimate of drug-likeness (QED) is 0.548. The van der Waals surface area contributed by atoms with Crippen molar-refractivity contribution < 1.29 is 17.0 Å². The molecule has 6 heteroatoms. The second kappa shape index (κ2) is 8.50. The van der Waals surface area contributed by atoms with Crippen LogP contribution in [0.1, 0.15) is 28.5 Å². The van der Waals surface area contributed by atoms with E-state index in [1.54, 1.807) is 24.3 Å². The second-order valence-electron chi connectivity index (χ2n) is 6.44. The van der Waals surface area contributed by atoms with E-state index >= 15 is 0 Å². The predicted molar refractivity (Wildman–Crippen MR) is 103 cm³/mol. The normalized spacial score (nSPS) is 11.6. The van der Waals surface area contributed by atoms with Crippen LogP contribution in [0.3, 0.4) is 0 Å². The van der Waals surface area contributed by atoms with Gasteiger partial charge in [0.15, 0.2) is 5.89 Å². The second-order valence-corrected chi connectivity index (χ2v) is 8.05. The summed E-state index contributed by atoms with van der Waals surface area (Å²) in [5.41, 5.74) is 2.95. The molecule has 3 rings (SSSR count). The molecule has 142 valence electrons. The van der Waals surface area contributed by atoms with Gasteiger partial charge in [0.25, 0.3) is 10.1 Å². The molecule has 0 saturated carbocycles. The number of hydrogen-bond acceptors (Lipinski definition) is 5. The monoisotopic (exact) mass is 385 g/mol. The molecule has 0 aliphatic carbocycles. The molecule has 5 nitrogen and oxygen atoms in total. The fraction of sp³-hybridized carbons (Fsp3) is 0.286. The average molecular weight is 385 g/mol. The highest BCUT2D eigenvalue weighted by molar-refractivity contribution is 7.86. The third-order valence-electron chi connectivity index (χ3n) is 4.29. The number of rotatable bonds is 8. The van der Waals surface area contributed by atoms with E-state index in [0.717, 1.165) is 17.7 Å². The number of oxazole rings is 1. The van der Waals surface area contributed by atoms with Crippen molar-refractivity contribution in [3.8, 4) is 0 Å². The van der Waals surface area contributed by atoms with Crippen molar-refractivity contribution in [2.75, 3.05) is 6.61 Å². The molecule has 0 unspecified atom stereocenters. The molecule has 1 heterocycles. The van der Waals surface area contributed by atoms with Gasteiger partial charge in [-0.15, -0.1) is 0 Å². The molecule has 0 N–H and O–H groups in total. The van der Waals surface area contributed by atoms with Crippen LogP contribution in [0.15, 0.2) is 63.9 Å². The Hall–Kier alpha value is -2.44. The SMILES string of the molecule is Cc1ccc(S(=O)(=O)OCCc2nc(CCc3ccccc3)oc2C)cc1. The van der Waals surface area contributed by atoms with Crippen LogP contribution in [-0.2, 0) is 33.6 Å². The largest absolute Gasteiger partial charge is 0.446 e. The molecule has 0 atom stereocenters. The summed E-state index contributed by atoms with van der Waals surface area (Å²) in [7, 11) is -3.76. The van der Waals surface area contributed by atoms with Gasteiger partial charge in [0.05, 0.1) is 17.2 Å². The molecule has 0 radical (unpaired) electrons. The van der Waals surface area contributed by atoms with Crippen molar-refractivity contribution in [3.05, 3.63) is 83.1 Å². The molecule has 0 aliphatic heterocycles. The van der Waals surface area contributed by atoms with E-state index in [1.807, 2.05) is 32.0 Å². The van der Waals surface area contributed by atoms with Crippen molar-refractivity contribution >= 4 is 10.1 Å². The summed E-state index contributed by atoms with van der Waals surface area (Å²) in [6.07, 6.45) is 1.93. The lowest BCUT2D eigenvalue weighted by Gasteiger charge is -2.05. The van der Waals surface area contributed by atoms with Crippen molar-refractivity contribution in [3.63, 3.8) is 0 Å². The number of aryl methyl sites for hydroxylation is 4. The van der Waals surface area contributed by atoms with Crippen LogP contribution in [-0.4, -0.2) is 20.0 Å². The third kappa shape index (κ3) is 5.28. The first-order valence-corrected chi connectivity index (χ1v) is 10.3. The van der Waals surface area contributed by atoms with Crippen LogP contribution in [0.5, 0.6) is 0 Å². The van der Waals surface area contributed by atoms with E-state index in [9.17, 15) is 8.42 Å². The highest BCUT2D eigenvalue weighted by Gasteiger charge is 2.16. The fourth-order valence-corrected chi connectivity index (χ4v) is 3.65. The highest BCUT2D eigenvalue weighted by Crippen LogP contribution is 2.16. The maximum atomic E-state index is 12.2. The maximum Gasteiger partial charge on any atom is 0.296 e. The topological polar surface area (TPSA) is 69.4 Å². The zero-order valence-corrected chi connectivity index (χ0v) is 16.3. The van der Waals surface area contributed by atoms with Gasteiger partial charge in [0.1, 0.15) is 5.76 Å². The zero-order chi connectivity index (χ0) is 19.3. The summed E-state index contributed by atoms with van der Waals surface area (Å²) in [6, 6.07) is 16.7. The molecule has 0 fully saturated rings. The molecule has 0 saturated heterocycles. The Labute approximate surface area is 160 Å². The predicted octanol–water partition coefficient (Wildman–Crippen LogP) is 4.02. The molecule has 0 bridgehead atoms. The molecule has 3 aromatic rings. The van der Waals surface area contributed by atoms with E-state index < -0.39 is 10.1 Å². The number of aromatic nitrogens is 1. The first-order valence-electron chi connectivity index (χ1n) is 8.89. The minimum Gasteiger partial charge on any atom is -0.446 e. The van der Waals surface area contributed by atoms with Crippen LogP contribution in [0.4, 0.5) is 0 Å². The van der Waals surface area contributed by atoms with E-state index in [2.05, 4.69) is 17.1 Å². The van der Waals surface area contributed by atoms with Crippen molar-refractivity contribution in [2.24, 2.45) is 0 Å². The molecular weight excluding hydrogens is 362 g/mol. The number of hydrogen-bond donors (Lipinski definition) is 0. The number of benzene rings is 2. The fourth-order valence-electron chi connectivity index (χ4n) is 2.74. The van der Waals surface area contributed by atoms with Gasteiger partial charge < -0.3 is 4.42 Å². The Kier molecular flexibility index (Phi) is 6.08. The van der Waals surface area contributed by atoms with Crippen molar-refractivity contribution in [1.29, 1.82) is 0 Å². The zero-order valence-electron chi connectivity index (χ0n) is 15.5. The third-order valence-corrected chi connectivity index (χ3v) is 5.62. The van der Waals surface area contributed by atoms with Gasteiger partial charge in [-0.3, -0.25) is 4.18 Å². The Morgan fingerprint density at radius 3 is 2.33 bits per heavy atom. The van der Waals surface area contributed by atoms with Crippen LogP contribution in [0, 0.1) is 13.8 Å². The molecule has 2 aromatic carbocycles. The Bertz CT molecular complexity index is 977. The van der Waals surface area contributed by atoms with E-state index in [4.69, 9.17) is 8.60 Å². The molecule has 0 aliphatic rings. The Balaban J connectivity index is 1.55. The van der Waals surface area contributed by atoms with Gasteiger partial charge in [-0.05, 0) is 38.0 Å². The van der Waals surface area contributed by atoms with Crippen molar-refractivity contribution in [1.82, 2.24) is 4.98 Å². The van der Waals surface area contributed by atoms with Crippen LogP contribution >= 0.6 is 0 Å². The van der Waals surface area contributed by atoms with Gasteiger partial charge in [-0.25, -0.2) is 4.98 Å². The van der Waals surface area contributed by atoms with Gasteiger partial charge in [0.2, 0.25) is 0 Å². The Morgan fingerprint density at radius 1 is 0.926 bits per heavy atom. The van der Waals surface area contributed by atoms with Crippen LogP contribution in [0.25, 0.3) is 0 Å². The van der Waals surface area contributed by atoms with Gasteiger partial charge >= 0.3 is 0 Å². The highest BCUT2D eigenvalue weighted by atomic mass is 32.2. The lowest BCUT2D eigenvalue weighted by Crippen LogP contribution is -2.09. The smallest absolute Gasteiger partial charge is 0.296 e. The summed E-state index contributed by atoms with van der Waals surface area (Å²) in [6.45, 7) is 3.77. The molecule has 1 aromatic heterocycles. The standard InChI is InChI=1S/C21H23NO4S/c1-16-8-11-19(12-9-16)27(23,24)25-15-14-20-17(2)26-21(22-20)13-10-18-6-4-3-5-7-18/h3-9,11-12H,10,13-15H2,1-2H3. The average Bonchev–Trinajstić information content (AvgIpc) is 3.01. The first kappa shape index (κ1) is 19.3. The lowest BCUT2D eigenvalue weighted by molar-refractivity contribution is 0.320. The van der Waals surface area contributed by atoms with E-state index in [-0.39, 0.29) is 11.5 Å². The summed E-state index contributed by atoms with van der Waals surface area (Å²) >= 11 is 0. The molecule has 0 amide bonds. The van der Waals surface area contributed by atoms with Gasteiger partial charge in [-0.2, -0.15) is 8.42 Å². The maximum absolute atomic E-state index is 12.2. The van der Waals surface area contributed by atoms with Crippen molar-refractivity contribution in [2.45, 2.75) is 38.0 Å². The van der Waals surface area contributed by atoms with Crippen LogP contribution < -0.4 is 0 Å². The Morgan fingerprint density at radius 2 is 1.63 bits per heavy atom. The summed E-state index contributed by atoms with van der Waals surface area (Å²) in [5.74, 6) is 1.36.